The van der Waals surface area contributed by atoms with Crippen molar-refractivity contribution in [3.8, 4) is 5.75 Å². The Hall–Kier alpha value is -0.980. The van der Waals surface area contributed by atoms with Crippen LogP contribution in [0.25, 0.3) is 0 Å². The standard InChI is InChI=1S/C16H27N3O.HI/c1-5-11-20-14-8-6-7-13(12-14)9-10-18-15(17)19-16(2,3)4;/h6-8,12H,5,9-11H2,1-4H3,(H3,17,18,19);1H. The molecule has 0 amide bonds. The van der Waals surface area contributed by atoms with Crippen molar-refractivity contribution in [3.05, 3.63) is 29.8 Å². The molecule has 0 heterocycles. The van der Waals surface area contributed by atoms with E-state index in [4.69, 9.17) is 10.5 Å². The van der Waals surface area contributed by atoms with Gasteiger partial charge in [-0.3, -0.25) is 4.99 Å². The van der Waals surface area contributed by atoms with E-state index in [1.807, 2.05) is 12.1 Å². The first-order chi connectivity index (χ1) is 9.40. The van der Waals surface area contributed by atoms with Crippen LogP contribution in [0.1, 0.15) is 39.7 Å². The lowest BCUT2D eigenvalue weighted by molar-refractivity contribution is 0.317. The summed E-state index contributed by atoms with van der Waals surface area (Å²) in [5.74, 6) is 1.42. The van der Waals surface area contributed by atoms with Crippen molar-refractivity contribution in [1.29, 1.82) is 0 Å². The lowest BCUT2D eigenvalue weighted by Gasteiger charge is -2.20. The molecule has 0 saturated heterocycles. The number of benzene rings is 1. The van der Waals surface area contributed by atoms with Gasteiger partial charge in [0.15, 0.2) is 5.96 Å². The van der Waals surface area contributed by atoms with E-state index in [1.54, 1.807) is 0 Å². The predicted molar refractivity (Wildman–Crippen MR) is 101 cm³/mol. The highest BCUT2D eigenvalue weighted by Gasteiger charge is 2.09. The zero-order chi connectivity index (χ0) is 15.0. The number of ether oxygens (including phenoxy) is 1. The molecule has 4 nitrogen and oxygen atoms in total. The number of halogens is 1. The second kappa shape index (κ2) is 9.87. The molecule has 0 atom stereocenters. The first-order valence-corrected chi connectivity index (χ1v) is 7.20. The van der Waals surface area contributed by atoms with E-state index in [0.29, 0.717) is 12.5 Å². The van der Waals surface area contributed by atoms with Gasteiger partial charge < -0.3 is 15.8 Å². The number of hydrogen-bond acceptors (Lipinski definition) is 2. The van der Waals surface area contributed by atoms with Gasteiger partial charge in [-0.15, -0.1) is 24.0 Å². The van der Waals surface area contributed by atoms with Gasteiger partial charge in [0.1, 0.15) is 5.75 Å². The monoisotopic (exact) mass is 405 g/mol. The minimum absolute atomic E-state index is 0. The van der Waals surface area contributed by atoms with Crippen LogP contribution >= 0.6 is 24.0 Å². The van der Waals surface area contributed by atoms with Crippen LogP contribution in [0.15, 0.2) is 29.3 Å². The molecule has 5 heteroatoms. The van der Waals surface area contributed by atoms with Gasteiger partial charge in [-0.2, -0.15) is 0 Å². The molecule has 0 spiro atoms. The van der Waals surface area contributed by atoms with Crippen molar-refractivity contribution in [2.45, 2.75) is 46.1 Å². The zero-order valence-corrected chi connectivity index (χ0v) is 15.8. The Bertz CT molecular complexity index is 441. The fraction of sp³-hybridized carbons (Fsp3) is 0.562. The summed E-state index contributed by atoms with van der Waals surface area (Å²) in [5.41, 5.74) is 6.99. The number of nitrogens with zero attached hydrogens (tertiary/aromatic N) is 1. The van der Waals surface area contributed by atoms with Gasteiger partial charge in [-0.25, -0.2) is 0 Å². The Morgan fingerprint density at radius 3 is 2.67 bits per heavy atom. The van der Waals surface area contributed by atoms with E-state index < -0.39 is 0 Å². The smallest absolute Gasteiger partial charge is 0.188 e. The van der Waals surface area contributed by atoms with Crippen LogP contribution in [0.5, 0.6) is 5.75 Å². The largest absolute Gasteiger partial charge is 0.494 e. The molecule has 0 unspecified atom stereocenters. The molecule has 0 radical (unpaired) electrons. The normalized spacial score (nSPS) is 11.7. The molecule has 120 valence electrons. The number of nitrogens with two attached hydrogens (primary N) is 1. The quantitative estimate of drug-likeness (QED) is 0.434. The van der Waals surface area contributed by atoms with E-state index in [9.17, 15) is 0 Å². The van der Waals surface area contributed by atoms with Crippen LogP contribution in [0.3, 0.4) is 0 Å². The first kappa shape index (κ1) is 20.0. The van der Waals surface area contributed by atoms with Gasteiger partial charge in [-0.05, 0) is 51.3 Å². The summed E-state index contributed by atoms with van der Waals surface area (Å²) in [6.07, 6.45) is 1.87. The van der Waals surface area contributed by atoms with Crippen LogP contribution < -0.4 is 15.8 Å². The fourth-order valence-corrected chi connectivity index (χ4v) is 1.74. The minimum Gasteiger partial charge on any atom is -0.494 e. The third-order valence-corrected chi connectivity index (χ3v) is 2.56. The van der Waals surface area contributed by atoms with Crippen molar-refractivity contribution in [3.63, 3.8) is 0 Å². The molecule has 0 aliphatic heterocycles. The Morgan fingerprint density at radius 2 is 2.05 bits per heavy atom. The summed E-state index contributed by atoms with van der Waals surface area (Å²) in [6.45, 7) is 9.71. The molecule has 0 bridgehead atoms. The number of aliphatic imine (C=N–C) groups is 1. The second-order valence-electron chi connectivity index (χ2n) is 5.89. The summed E-state index contributed by atoms with van der Waals surface area (Å²) < 4.78 is 5.62. The number of hydrogen-bond donors (Lipinski definition) is 2. The van der Waals surface area contributed by atoms with Gasteiger partial charge in [0.05, 0.1) is 6.61 Å². The average molecular weight is 405 g/mol. The molecule has 0 saturated carbocycles. The summed E-state index contributed by atoms with van der Waals surface area (Å²) >= 11 is 0. The van der Waals surface area contributed by atoms with Crippen LogP contribution in [0.2, 0.25) is 0 Å². The van der Waals surface area contributed by atoms with Crippen molar-refractivity contribution in [1.82, 2.24) is 5.32 Å². The summed E-state index contributed by atoms with van der Waals surface area (Å²) in [7, 11) is 0. The maximum Gasteiger partial charge on any atom is 0.188 e. The molecule has 0 fully saturated rings. The molecule has 1 aromatic carbocycles. The Labute approximate surface area is 145 Å². The highest BCUT2D eigenvalue weighted by atomic mass is 127. The van der Waals surface area contributed by atoms with E-state index >= 15 is 0 Å². The maximum absolute atomic E-state index is 5.83. The Morgan fingerprint density at radius 1 is 1.33 bits per heavy atom. The lowest BCUT2D eigenvalue weighted by atomic mass is 10.1. The third-order valence-electron chi connectivity index (χ3n) is 2.56. The van der Waals surface area contributed by atoms with Crippen molar-refractivity contribution >= 4 is 29.9 Å². The molecule has 1 rings (SSSR count). The van der Waals surface area contributed by atoms with Gasteiger partial charge in [0.2, 0.25) is 0 Å². The summed E-state index contributed by atoms with van der Waals surface area (Å²) in [6, 6.07) is 8.15. The van der Waals surface area contributed by atoms with E-state index in [2.05, 4.69) is 50.1 Å². The number of nitrogens with one attached hydrogen (secondary N) is 1. The van der Waals surface area contributed by atoms with Crippen LogP contribution in [0, 0.1) is 0 Å². The summed E-state index contributed by atoms with van der Waals surface area (Å²) in [4.78, 5) is 4.34. The highest BCUT2D eigenvalue weighted by Crippen LogP contribution is 2.14. The average Bonchev–Trinajstić information content (AvgIpc) is 2.34. The van der Waals surface area contributed by atoms with Crippen LogP contribution in [0.4, 0.5) is 0 Å². The van der Waals surface area contributed by atoms with E-state index in [-0.39, 0.29) is 29.5 Å². The Balaban J connectivity index is 0.00000400. The van der Waals surface area contributed by atoms with E-state index in [1.165, 1.54) is 5.56 Å². The van der Waals surface area contributed by atoms with E-state index in [0.717, 1.165) is 25.2 Å². The minimum atomic E-state index is -0.0541. The second-order valence-corrected chi connectivity index (χ2v) is 5.89. The Kier molecular flexibility index (Phi) is 9.41. The maximum atomic E-state index is 5.83. The zero-order valence-electron chi connectivity index (χ0n) is 13.5. The number of guanidine groups is 1. The molecule has 0 aliphatic rings. The lowest BCUT2D eigenvalue weighted by Crippen LogP contribution is -2.45. The van der Waals surface area contributed by atoms with Crippen LogP contribution in [-0.2, 0) is 6.42 Å². The molecular weight excluding hydrogens is 377 g/mol. The SMILES string of the molecule is CCCOc1cccc(CCN=C(N)NC(C)(C)C)c1.I. The van der Waals surface area contributed by atoms with Gasteiger partial charge in [0, 0.05) is 12.1 Å². The molecule has 0 aliphatic carbocycles. The van der Waals surface area contributed by atoms with Crippen molar-refractivity contribution in [2.24, 2.45) is 10.7 Å². The van der Waals surface area contributed by atoms with Gasteiger partial charge in [0.25, 0.3) is 0 Å². The predicted octanol–water partition coefficient (Wildman–Crippen LogP) is 3.34. The van der Waals surface area contributed by atoms with Crippen molar-refractivity contribution in [2.75, 3.05) is 13.2 Å². The molecule has 0 aromatic heterocycles. The van der Waals surface area contributed by atoms with Crippen molar-refractivity contribution < 1.29 is 4.74 Å². The first-order valence-electron chi connectivity index (χ1n) is 7.20. The topological polar surface area (TPSA) is 59.6 Å². The van der Waals surface area contributed by atoms with Crippen LogP contribution in [-0.4, -0.2) is 24.7 Å². The van der Waals surface area contributed by atoms with Gasteiger partial charge >= 0.3 is 0 Å². The summed E-state index contributed by atoms with van der Waals surface area (Å²) in [5, 5.41) is 3.15. The molecule has 1 aromatic rings. The highest BCUT2D eigenvalue weighted by molar-refractivity contribution is 14.0. The molecule has 21 heavy (non-hydrogen) atoms. The fourth-order valence-electron chi connectivity index (χ4n) is 1.74. The van der Waals surface area contributed by atoms with Gasteiger partial charge in [-0.1, -0.05) is 19.1 Å². The molecule has 3 N–H and O–H groups in total. The molecular formula is C16H28IN3O. The number of rotatable bonds is 6. The third kappa shape index (κ3) is 9.55.